The van der Waals surface area contributed by atoms with Gasteiger partial charge in [0.2, 0.25) is 0 Å². The number of benzene rings is 2. The van der Waals surface area contributed by atoms with Crippen molar-refractivity contribution in [3.05, 3.63) is 60.7 Å². The maximum absolute atomic E-state index is 12.5. The lowest BCUT2D eigenvalue weighted by Gasteiger charge is -2.30. The summed E-state index contributed by atoms with van der Waals surface area (Å²) in [6.07, 6.45) is 0. The lowest BCUT2D eigenvalue weighted by molar-refractivity contribution is -0.137. The Labute approximate surface area is 152 Å². The van der Waals surface area contributed by atoms with Crippen molar-refractivity contribution >= 4 is 5.91 Å². The van der Waals surface area contributed by atoms with Crippen LogP contribution in [0.4, 0.5) is 0 Å². The summed E-state index contributed by atoms with van der Waals surface area (Å²) < 4.78 is 16.7. The van der Waals surface area contributed by atoms with Gasteiger partial charge in [0.15, 0.2) is 6.61 Å². The largest absolute Gasteiger partial charge is 0.490 e. The first-order chi connectivity index (χ1) is 12.6. The molecule has 1 amide bonds. The van der Waals surface area contributed by atoms with E-state index in [-0.39, 0.29) is 32.3 Å². The highest BCUT2D eigenvalue weighted by molar-refractivity contribution is 5.78. The van der Waals surface area contributed by atoms with Gasteiger partial charge in [-0.25, -0.2) is 0 Å². The van der Waals surface area contributed by atoms with Crippen LogP contribution in [0.15, 0.2) is 60.7 Å². The van der Waals surface area contributed by atoms with E-state index in [1.807, 2.05) is 48.5 Å². The van der Waals surface area contributed by atoms with Crippen LogP contribution in [-0.2, 0) is 9.53 Å². The molecule has 1 heterocycles. The van der Waals surface area contributed by atoms with E-state index in [0.29, 0.717) is 24.7 Å². The van der Waals surface area contributed by atoms with Crippen LogP contribution in [0.3, 0.4) is 0 Å². The predicted octanol–water partition coefficient (Wildman–Crippen LogP) is 1.73. The summed E-state index contributed by atoms with van der Waals surface area (Å²) in [4.78, 5) is 14.0. The topological polar surface area (TPSA) is 68.2 Å². The van der Waals surface area contributed by atoms with E-state index in [2.05, 4.69) is 0 Å². The van der Waals surface area contributed by atoms with E-state index < -0.39 is 5.60 Å². The number of hydrogen-bond donors (Lipinski definition) is 1. The third kappa shape index (κ3) is 5.21. The fourth-order valence-electron chi connectivity index (χ4n) is 2.70. The highest BCUT2D eigenvalue weighted by atomic mass is 16.5. The minimum atomic E-state index is -1.27. The third-order valence-electron chi connectivity index (χ3n) is 4.07. The summed E-state index contributed by atoms with van der Waals surface area (Å²) in [7, 11) is 0. The maximum Gasteiger partial charge on any atom is 0.260 e. The minimum absolute atomic E-state index is 0.0420. The van der Waals surface area contributed by atoms with Crippen LogP contribution < -0.4 is 9.47 Å². The quantitative estimate of drug-likeness (QED) is 0.853. The molecule has 1 saturated heterocycles. The number of carbonyl (C=O) groups is 1. The number of rotatable bonds is 6. The predicted molar refractivity (Wildman–Crippen MR) is 96.2 cm³/mol. The zero-order valence-corrected chi connectivity index (χ0v) is 14.5. The van der Waals surface area contributed by atoms with Crippen molar-refractivity contribution in [1.82, 2.24) is 4.90 Å². The van der Waals surface area contributed by atoms with E-state index >= 15 is 0 Å². The second kappa shape index (κ2) is 8.69. The average molecular weight is 357 g/mol. The average Bonchev–Trinajstić information content (AvgIpc) is 2.88. The molecule has 1 aliphatic rings. The van der Waals surface area contributed by atoms with Gasteiger partial charge in [-0.3, -0.25) is 4.79 Å². The molecule has 0 aromatic heterocycles. The summed E-state index contributed by atoms with van der Waals surface area (Å²) >= 11 is 0. The van der Waals surface area contributed by atoms with Crippen molar-refractivity contribution in [2.24, 2.45) is 0 Å². The molecule has 0 spiro atoms. The number of amides is 1. The van der Waals surface area contributed by atoms with Gasteiger partial charge in [-0.05, 0) is 24.3 Å². The van der Waals surface area contributed by atoms with Gasteiger partial charge in [-0.15, -0.1) is 0 Å². The summed E-state index contributed by atoms with van der Waals surface area (Å²) in [5.74, 6) is 1.10. The number of aliphatic hydroxyl groups is 1. The zero-order valence-electron chi connectivity index (χ0n) is 14.5. The van der Waals surface area contributed by atoms with Crippen molar-refractivity contribution in [3.8, 4) is 11.5 Å². The van der Waals surface area contributed by atoms with E-state index in [1.165, 1.54) is 0 Å². The van der Waals surface area contributed by atoms with Crippen LogP contribution in [0.1, 0.15) is 0 Å². The molecular weight excluding hydrogens is 334 g/mol. The Morgan fingerprint density at radius 1 is 1.04 bits per heavy atom. The van der Waals surface area contributed by atoms with E-state index in [1.54, 1.807) is 17.0 Å². The van der Waals surface area contributed by atoms with Gasteiger partial charge in [0, 0.05) is 6.54 Å². The SMILES string of the molecule is O=C(COc1ccccc1)N1CCOCC(O)(COc2ccccc2)C1. The van der Waals surface area contributed by atoms with Crippen LogP contribution in [0.5, 0.6) is 11.5 Å². The molecule has 2 aromatic rings. The first-order valence-electron chi connectivity index (χ1n) is 8.58. The molecule has 0 saturated carbocycles. The monoisotopic (exact) mass is 357 g/mol. The summed E-state index contributed by atoms with van der Waals surface area (Å²) in [5, 5.41) is 10.8. The molecule has 138 valence electrons. The Bertz CT molecular complexity index is 694. The van der Waals surface area contributed by atoms with Crippen molar-refractivity contribution in [2.45, 2.75) is 5.60 Å². The minimum Gasteiger partial charge on any atom is -0.490 e. The van der Waals surface area contributed by atoms with Gasteiger partial charge < -0.3 is 24.2 Å². The Balaban J connectivity index is 1.56. The molecule has 0 bridgehead atoms. The molecule has 1 N–H and O–H groups in total. The Morgan fingerprint density at radius 3 is 2.31 bits per heavy atom. The molecule has 1 fully saturated rings. The van der Waals surface area contributed by atoms with E-state index in [0.717, 1.165) is 0 Å². The summed E-state index contributed by atoms with van der Waals surface area (Å²) in [6.45, 7) is 0.981. The lowest BCUT2D eigenvalue weighted by atomic mass is 10.1. The first kappa shape index (κ1) is 18.2. The third-order valence-corrected chi connectivity index (χ3v) is 4.07. The fraction of sp³-hybridized carbons (Fsp3) is 0.350. The molecule has 0 aliphatic carbocycles. The van der Waals surface area contributed by atoms with E-state index in [9.17, 15) is 9.90 Å². The molecule has 6 heteroatoms. The standard InChI is InChI=1S/C20H23NO5/c22-19(13-25-17-7-3-1-4-8-17)21-11-12-24-15-20(23,14-21)16-26-18-9-5-2-6-10-18/h1-10,23H,11-16H2. The zero-order chi connectivity index (χ0) is 18.2. The highest BCUT2D eigenvalue weighted by Crippen LogP contribution is 2.17. The number of carbonyl (C=O) groups excluding carboxylic acids is 1. The molecule has 1 aliphatic heterocycles. The van der Waals surface area contributed by atoms with Crippen molar-refractivity contribution in [2.75, 3.05) is 39.5 Å². The van der Waals surface area contributed by atoms with Gasteiger partial charge in [-0.2, -0.15) is 0 Å². The summed E-state index contributed by atoms with van der Waals surface area (Å²) in [6, 6.07) is 18.4. The van der Waals surface area contributed by atoms with Gasteiger partial charge in [0.1, 0.15) is 23.7 Å². The molecule has 2 aromatic carbocycles. The molecule has 1 unspecified atom stereocenters. The lowest BCUT2D eigenvalue weighted by Crippen LogP contribution is -2.51. The highest BCUT2D eigenvalue weighted by Gasteiger charge is 2.35. The molecule has 0 radical (unpaired) electrons. The van der Waals surface area contributed by atoms with Gasteiger partial charge in [0.05, 0.1) is 19.8 Å². The number of para-hydroxylation sites is 2. The fourth-order valence-corrected chi connectivity index (χ4v) is 2.70. The van der Waals surface area contributed by atoms with Crippen LogP contribution in [0.25, 0.3) is 0 Å². The van der Waals surface area contributed by atoms with Crippen molar-refractivity contribution in [3.63, 3.8) is 0 Å². The Hall–Kier alpha value is -2.57. The number of nitrogens with zero attached hydrogens (tertiary/aromatic N) is 1. The number of β-amino-alcohol motifs (C(OH)–C–C–N with tert-alkyl or cyclic N) is 1. The molecule has 3 rings (SSSR count). The van der Waals surface area contributed by atoms with Gasteiger partial charge in [-0.1, -0.05) is 36.4 Å². The van der Waals surface area contributed by atoms with Gasteiger partial charge >= 0.3 is 0 Å². The van der Waals surface area contributed by atoms with Crippen LogP contribution in [-0.4, -0.2) is 61.0 Å². The second-order valence-electron chi connectivity index (χ2n) is 6.30. The number of hydrogen-bond acceptors (Lipinski definition) is 5. The first-order valence-corrected chi connectivity index (χ1v) is 8.58. The van der Waals surface area contributed by atoms with Crippen LogP contribution in [0.2, 0.25) is 0 Å². The molecular formula is C20H23NO5. The Kier molecular flexibility index (Phi) is 6.09. The van der Waals surface area contributed by atoms with Crippen LogP contribution in [0, 0.1) is 0 Å². The Morgan fingerprint density at radius 2 is 1.65 bits per heavy atom. The normalized spacial score (nSPS) is 20.3. The van der Waals surface area contributed by atoms with Crippen LogP contribution >= 0.6 is 0 Å². The second-order valence-corrected chi connectivity index (χ2v) is 6.30. The molecule has 1 atom stereocenters. The molecule has 26 heavy (non-hydrogen) atoms. The summed E-state index contributed by atoms with van der Waals surface area (Å²) in [5.41, 5.74) is -1.27. The number of ether oxygens (including phenoxy) is 3. The smallest absolute Gasteiger partial charge is 0.260 e. The van der Waals surface area contributed by atoms with Crippen molar-refractivity contribution in [1.29, 1.82) is 0 Å². The van der Waals surface area contributed by atoms with Crippen molar-refractivity contribution < 1.29 is 24.1 Å². The molecule has 6 nitrogen and oxygen atoms in total. The van der Waals surface area contributed by atoms with E-state index in [4.69, 9.17) is 14.2 Å². The maximum atomic E-state index is 12.5. The van der Waals surface area contributed by atoms with Gasteiger partial charge in [0.25, 0.3) is 5.91 Å².